The van der Waals surface area contributed by atoms with Gasteiger partial charge in [0.25, 0.3) is 5.91 Å². The third-order valence-corrected chi connectivity index (χ3v) is 4.93. The molecule has 8 heteroatoms. The summed E-state index contributed by atoms with van der Waals surface area (Å²) in [6, 6.07) is 8.11. The number of carboxylic acid groups (broad SMARTS) is 1. The number of halogens is 1. The Bertz CT molecular complexity index is 844. The Balaban J connectivity index is 1.86. The van der Waals surface area contributed by atoms with Crippen LogP contribution in [0, 0.1) is 0 Å². The van der Waals surface area contributed by atoms with Crippen molar-refractivity contribution in [1.29, 1.82) is 0 Å². The average Bonchev–Trinajstić information content (AvgIpc) is 3.12. The lowest BCUT2D eigenvalue weighted by atomic mass is 10.2. The Morgan fingerprint density at radius 1 is 1.35 bits per heavy atom. The Labute approximate surface area is 144 Å². The van der Waals surface area contributed by atoms with E-state index in [1.165, 1.54) is 35.2 Å². The van der Waals surface area contributed by atoms with Gasteiger partial charge in [-0.15, -0.1) is 11.3 Å². The molecule has 2 aromatic rings. The van der Waals surface area contributed by atoms with Crippen molar-refractivity contribution >= 4 is 63.5 Å². The van der Waals surface area contributed by atoms with Crippen molar-refractivity contribution in [3.8, 4) is 0 Å². The number of nitrogens with zero attached hydrogens (tertiary/aromatic N) is 1. The fourth-order valence-corrected chi connectivity index (χ4v) is 3.60. The standard InChI is InChI=1S/C15H9ClN2O3S2/c16-11-4-3-8(6-10(11)14(20)21)17-15-18-13(19)12(23-15)7-9-2-1-5-22-9/h1-7H,(H,20,21)(H,17,18,19)/p-1/b12-7-. The number of thiophene rings is 1. The topological polar surface area (TPSA) is 81.6 Å². The molecule has 1 aromatic carbocycles. The molecule has 0 aliphatic carbocycles. The molecular formula is C15H8ClN2O3S2-. The van der Waals surface area contributed by atoms with Crippen LogP contribution in [0.2, 0.25) is 5.02 Å². The summed E-state index contributed by atoms with van der Waals surface area (Å²) in [7, 11) is 0. The normalized spacial score (nSPS) is 17.7. The predicted octanol–water partition coefficient (Wildman–Crippen LogP) is 2.66. The molecule has 0 saturated carbocycles. The van der Waals surface area contributed by atoms with Crippen molar-refractivity contribution in [3.63, 3.8) is 0 Å². The highest BCUT2D eigenvalue weighted by Crippen LogP contribution is 2.30. The van der Waals surface area contributed by atoms with Gasteiger partial charge in [-0.3, -0.25) is 4.79 Å². The minimum atomic E-state index is -1.38. The monoisotopic (exact) mass is 363 g/mol. The van der Waals surface area contributed by atoms with Crippen molar-refractivity contribution in [2.45, 2.75) is 0 Å². The van der Waals surface area contributed by atoms with Crippen molar-refractivity contribution in [2.75, 3.05) is 0 Å². The van der Waals surface area contributed by atoms with Crippen molar-refractivity contribution < 1.29 is 14.7 Å². The van der Waals surface area contributed by atoms with Gasteiger partial charge < -0.3 is 15.2 Å². The molecule has 1 aliphatic heterocycles. The summed E-state index contributed by atoms with van der Waals surface area (Å²) in [6.45, 7) is 0. The van der Waals surface area contributed by atoms with E-state index in [9.17, 15) is 14.7 Å². The van der Waals surface area contributed by atoms with Crippen LogP contribution in [0.25, 0.3) is 6.08 Å². The van der Waals surface area contributed by atoms with E-state index < -0.39 is 5.97 Å². The Hall–Kier alpha value is -2.09. The zero-order valence-corrected chi connectivity index (χ0v) is 13.8. The smallest absolute Gasteiger partial charge is 0.264 e. The quantitative estimate of drug-likeness (QED) is 0.850. The number of carboxylic acids is 1. The first-order chi connectivity index (χ1) is 11.0. The number of aromatic carboxylic acids is 1. The number of aliphatic imine (C=N–C) groups is 1. The number of carbonyl (C=O) groups excluding carboxylic acids is 2. The summed E-state index contributed by atoms with van der Waals surface area (Å²) >= 11 is 8.50. The number of nitrogens with one attached hydrogen (secondary N) is 1. The molecule has 0 unspecified atom stereocenters. The van der Waals surface area contributed by atoms with E-state index in [2.05, 4.69) is 10.3 Å². The maximum atomic E-state index is 11.9. The fourth-order valence-electron chi connectivity index (χ4n) is 1.84. The molecule has 3 rings (SSSR count). The number of rotatable bonds is 3. The van der Waals surface area contributed by atoms with Crippen molar-refractivity contribution in [1.82, 2.24) is 5.32 Å². The lowest BCUT2D eigenvalue weighted by molar-refractivity contribution is -0.255. The fraction of sp³-hybridized carbons (Fsp3) is 0. The zero-order chi connectivity index (χ0) is 16.4. The highest BCUT2D eigenvalue weighted by Gasteiger charge is 2.24. The van der Waals surface area contributed by atoms with Crippen LogP contribution >= 0.6 is 34.7 Å². The Morgan fingerprint density at radius 2 is 2.17 bits per heavy atom. The maximum absolute atomic E-state index is 11.9. The minimum Gasteiger partial charge on any atom is -0.545 e. The molecule has 1 N–H and O–H groups in total. The summed E-state index contributed by atoms with van der Waals surface area (Å²) in [5.74, 6) is -1.62. The Kier molecular flexibility index (Phi) is 4.51. The summed E-state index contributed by atoms with van der Waals surface area (Å²) in [5.41, 5.74) is 0.228. The molecule has 1 amide bonds. The van der Waals surface area contributed by atoms with Gasteiger partial charge in [-0.1, -0.05) is 17.7 Å². The number of hydrogen-bond donors (Lipinski definition) is 1. The number of amidine groups is 1. The molecule has 2 heterocycles. The summed E-state index contributed by atoms with van der Waals surface area (Å²) in [5, 5.41) is 16.0. The van der Waals surface area contributed by atoms with Gasteiger partial charge in [0, 0.05) is 15.5 Å². The summed E-state index contributed by atoms with van der Waals surface area (Å²) < 4.78 is 0. The maximum Gasteiger partial charge on any atom is 0.264 e. The van der Waals surface area contributed by atoms with E-state index in [-0.39, 0.29) is 16.5 Å². The number of carbonyl (C=O) groups is 2. The second-order valence-corrected chi connectivity index (χ2v) is 6.87. The summed E-state index contributed by atoms with van der Waals surface area (Å²) in [6.07, 6.45) is 1.78. The molecule has 23 heavy (non-hydrogen) atoms. The van der Waals surface area contributed by atoms with Crippen molar-refractivity contribution in [2.24, 2.45) is 4.99 Å². The molecule has 1 saturated heterocycles. The van der Waals surface area contributed by atoms with Crippen LogP contribution in [-0.2, 0) is 4.79 Å². The molecule has 116 valence electrons. The van der Waals surface area contributed by atoms with Gasteiger partial charge in [0.15, 0.2) is 5.17 Å². The van der Waals surface area contributed by atoms with E-state index in [0.29, 0.717) is 15.8 Å². The van der Waals surface area contributed by atoms with Gasteiger partial charge in [0.2, 0.25) is 0 Å². The SMILES string of the molecule is O=C1NC(=Nc2ccc(Cl)c(C(=O)[O-])c2)S/C1=C\c1cccs1. The number of hydrogen-bond acceptors (Lipinski definition) is 6. The second kappa shape index (κ2) is 6.57. The lowest BCUT2D eigenvalue weighted by Crippen LogP contribution is -2.22. The largest absolute Gasteiger partial charge is 0.545 e. The first-order valence-electron chi connectivity index (χ1n) is 6.37. The molecule has 0 spiro atoms. The van der Waals surface area contributed by atoms with Crippen LogP contribution in [0.1, 0.15) is 15.2 Å². The van der Waals surface area contributed by atoms with Gasteiger partial charge in [0.1, 0.15) is 0 Å². The van der Waals surface area contributed by atoms with E-state index in [1.54, 1.807) is 12.1 Å². The highest BCUT2D eigenvalue weighted by atomic mass is 35.5. The third-order valence-electron chi connectivity index (χ3n) is 2.87. The van der Waals surface area contributed by atoms with Crippen LogP contribution in [0.3, 0.4) is 0 Å². The van der Waals surface area contributed by atoms with Crippen LogP contribution in [0.4, 0.5) is 5.69 Å². The molecule has 0 radical (unpaired) electrons. The molecule has 5 nitrogen and oxygen atoms in total. The lowest BCUT2D eigenvalue weighted by Gasteiger charge is -2.06. The van der Waals surface area contributed by atoms with E-state index in [0.717, 1.165) is 4.88 Å². The molecular weight excluding hydrogens is 356 g/mol. The molecule has 0 bridgehead atoms. The van der Waals surface area contributed by atoms with E-state index in [1.807, 2.05) is 17.5 Å². The minimum absolute atomic E-state index is 0.0790. The highest BCUT2D eigenvalue weighted by molar-refractivity contribution is 8.18. The van der Waals surface area contributed by atoms with Gasteiger partial charge in [0.05, 0.1) is 16.6 Å². The number of thioether (sulfide) groups is 1. The van der Waals surface area contributed by atoms with Gasteiger partial charge >= 0.3 is 0 Å². The van der Waals surface area contributed by atoms with Gasteiger partial charge in [-0.25, -0.2) is 4.99 Å². The number of benzene rings is 1. The molecule has 0 atom stereocenters. The van der Waals surface area contributed by atoms with Crippen LogP contribution in [0.5, 0.6) is 0 Å². The zero-order valence-electron chi connectivity index (χ0n) is 11.4. The van der Waals surface area contributed by atoms with E-state index >= 15 is 0 Å². The first kappa shape index (κ1) is 15.8. The van der Waals surface area contributed by atoms with Gasteiger partial charge in [-0.05, 0) is 47.5 Å². The molecule has 1 aromatic heterocycles. The van der Waals surface area contributed by atoms with E-state index in [4.69, 9.17) is 11.6 Å². The second-order valence-electron chi connectivity index (χ2n) is 4.45. The van der Waals surface area contributed by atoms with Gasteiger partial charge in [-0.2, -0.15) is 0 Å². The Morgan fingerprint density at radius 3 is 2.87 bits per heavy atom. The van der Waals surface area contributed by atoms with Crippen LogP contribution in [0.15, 0.2) is 45.6 Å². The van der Waals surface area contributed by atoms with Crippen LogP contribution in [-0.4, -0.2) is 17.0 Å². The molecule has 1 aliphatic rings. The van der Waals surface area contributed by atoms with Crippen LogP contribution < -0.4 is 10.4 Å². The number of amides is 1. The average molecular weight is 364 g/mol. The summed E-state index contributed by atoms with van der Waals surface area (Å²) in [4.78, 5) is 28.6. The third kappa shape index (κ3) is 3.64. The molecule has 1 fully saturated rings. The van der Waals surface area contributed by atoms with Crippen molar-refractivity contribution in [3.05, 3.63) is 56.1 Å². The predicted molar refractivity (Wildman–Crippen MR) is 90.9 cm³/mol. The first-order valence-corrected chi connectivity index (χ1v) is 8.44.